The summed E-state index contributed by atoms with van der Waals surface area (Å²) >= 11 is 0. The van der Waals surface area contributed by atoms with E-state index in [0.717, 1.165) is 12.3 Å². The van der Waals surface area contributed by atoms with Crippen molar-refractivity contribution in [1.82, 2.24) is 0 Å². The normalized spacial score (nSPS) is 13.2. The highest BCUT2D eigenvalue weighted by molar-refractivity contribution is 4.52. The fraction of sp³-hybridized carbons (Fsp3) is 1.00. The van der Waals surface area contributed by atoms with Crippen LogP contribution in [0.5, 0.6) is 0 Å². The van der Waals surface area contributed by atoms with Crippen molar-refractivity contribution < 1.29 is 5.11 Å². The molecule has 0 aromatic heterocycles. The Labute approximate surface area is 77.2 Å². The molecule has 1 nitrogen and oxygen atoms in total. The van der Waals surface area contributed by atoms with Crippen LogP contribution < -0.4 is 0 Å². The summed E-state index contributed by atoms with van der Waals surface area (Å²) in [6.45, 7) is 4.83. The largest absolute Gasteiger partial charge is 0.396 e. The van der Waals surface area contributed by atoms with E-state index in [-0.39, 0.29) is 0 Å². The van der Waals surface area contributed by atoms with Crippen molar-refractivity contribution >= 4 is 0 Å². The third-order valence-corrected chi connectivity index (χ3v) is 2.42. The first-order valence-electron chi connectivity index (χ1n) is 5.42. The number of unbranched alkanes of at least 4 members (excludes halogenated alkanes) is 4. The van der Waals surface area contributed by atoms with Crippen LogP contribution in [0.25, 0.3) is 0 Å². The molecular weight excluding hydrogens is 148 g/mol. The molecule has 74 valence electrons. The lowest BCUT2D eigenvalue weighted by Crippen LogP contribution is -1.97. The van der Waals surface area contributed by atoms with E-state index in [2.05, 4.69) is 13.8 Å². The zero-order valence-electron chi connectivity index (χ0n) is 8.68. The molecule has 1 unspecified atom stereocenters. The van der Waals surface area contributed by atoms with Crippen LogP contribution in [-0.4, -0.2) is 11.7 Å². The van der Waals surface area contributed by atoms with Crippen LogP contribution in [0, 0.1) is 5.92 Å². The molecule has 0 aliphatic carbocycles. The summed E-state index contributed by atoms with van der Waals surface area (Å²) in [4.78, 5) is 0. The molecule has 0 saturated heterocycles. The maximum Gasteiger partial charge on any atom is 0.0433 e. The highest BCUT2D eigenvalue weighted by Crippen LogP contribution is 2.13. The maximum atomic E-state index is 8.68. The lowest BCUT2D eigenvalue weighted by Gasteiger charge is -2.08. The Kier molecular flexibility index (Phi) is 9.02. The third-order valence-electron chi connectivity index (χ3n) is 2.42. The molecule has 0 aromatic rings. The van der Waals surface area contributed by atoms with E-state index in [1.165, 1.54) is 38.5 Å². The first kappa shape index (κ1) is 12.0. The minimum atomic E-state index is 0.357. The van der Waals surface area contributed by atoms with Crippen molar-refractivity contribution in [2.24, 2.45) is 5.92 Å². The number of rotatable bonds is 8. The standard InChI is InChI=1S/C11H24O/c1-3-4-5-6-7-8-11(2)9-10-12/h11-12H,3-10H2,1-2H3. The Morgan fingerprint density at radius 3 is 2.25 bits per heavy atom. The summed E-state index contributed by atoms with van der Waals surface area (Å²) in [5.74, 6) is 0.719. The first-order valence-corrected chi connectivity index (χ1v) is 5.42. The second-order valence-corrected chi connectivity index (χ2v) is 3.82. The van der Waals surface area contributed by atoms with Crippen LogP contribution in [0.2, 0.25) is 0 Å². The molecule has 0 aliphatic heterocycles. The molecule has 0 fully saturated rings. The monoisotopic (exact) mass is 172 g/mol. The molecule has 0 radical (unpaired) electrons. The van der Waals surface area contributed by atoms with Crippen LogP contribution in [0.4, 0.5) is 0 Å². The second kappa shape index (κ2) is 9.05. The van der Waals surface area contributed by atoms with E-state index in [4.69, 9.17) is 5.11 Å². The molecule has 12 heavy (non-hydrogen) atoms. The number of hydrogen-bond donors (Lipinski definition) is 1. The zero-order valence-corrected chi connectivity index (χ0v) is 8.68. The Morgan fingerprint density at radius 1 is 1.00 bits per heavy atom. The summed E-state index contributed by atoms with van der Waals surface area (Å²) in [7, 11) is 0. The molecule has 1 heteroatoms. The van der Waals surface area contributed by atoms with Gasteiger partial charge in [-0.2, -0.15) is 0 Å². The molecule has 0 heterocycles. The van der Waals surface area contributed by atoms with E-state index >= 15 is 0 Å². The molecule has 1 N–H and O–H groups in total. The maximum absolute atomic E-state index is 8.68. The van der Waals surface area contributed by atoms with Crippen molar-refractivity contribution in [2.75, 3.05) is 6.61 Å². The van der Waals surface area contributed by atoms with Crippen molar-refractivity contribution in [3.05, 3.63) is 0 Å². The Balaban J connectivity index is 2.97. The Hall–Kier alpha value is -0.0400. The molecule has 0 rings (SSSR count). The van der Waals surface area contributed by atoms with E-state index < -0.39 is 0 Å². The fourth-order valence-corrected chi connectivity index (χ4v) is 1.46. The molecule has 1 atom stereocenters. The Morgan fingerprint density at radius 2 is 1.67 bits per heavy atom. The highest BCUT2D eigenvalue weighted by Gasteiger charge is 1.99. The molecule has 0 amide bonds. The average molecular weight is 172 g/mol. The highest BCUT2D eigenvalue weighted by atomic mass is 16.2. The van der Waals surface area contributed by atoms with Gasteiger partial charge in [-0.05, 0) is 12.3 Å². The van der Waals surface area contributed by atoms with Gasteiger partial charge in [-0.15, -0.1) is 0 Å². The van der Waals surface area contributed by atoms with Crippen LogP contribution in [0.1, 0.15) is 58.8 Å². The quantitative estimate of drug-likeness (QED) is 0.557. The van der Waals surface area contributed by atoms with Gasteiger partial charge in [0.1, 0.15) is 0 Å². The number of aliphatic hydroxyl groups is 1. The van der Waals surface area contributed by atoms with E-state index in [1.807, 2.05) is 0 Å². The van der Waals surface area contributed by atoms with Crippen LogP contribution in [-0.2, 0) is 0 Å². The van der Waals surface area contributed by atoms with Crippen LogP contribution in [0.3, 0.4) is 0 Å². The third kappa shape index (κ3) is 8.06. The van der Waals surface area contributed by atoms with Crippen LogP contribution in [0.15, 0.2) is 0 Å². The summed E-state index contributed by atoms with van der Waals surface area (Å²) in [6, 6.07) is 0. The van der Waals surface area contributed by atoms with Crippen molar-refractivity contribution in [3.63, 3.8) is 0 Å². The topological polar surface area (TPSA) is 20.2 Å². The second-order valence-electron chi connectivity index (χ2n) is 3.82. The van der Waals surface area contributed by atoms with Gasteiger partial charge in [0.15, 0.2) is 0 Å². The van der Waals surface area contributed by atoms with E-state index in [9.17, 15) is 0 Å². The van der Waals surface area contributed by atoms with Gasteiger partial charge in [0.25, 0.3) is 0 Å². The SMILES string of the molecule is CCCCCCCC(C)CCO. The lowest BCUT2D eigenvalue weighted by atomic mass is 10.00. The molecule has 0 bridgehead atoms. The average Bonchev–Trinajstić information content (AvgIpc) is 2.05. The summed E-state index contributed by atoms with van der Waals surface area (Å²) in [6.07, 6.45) is 9.10. The minimum absolute atomic E-state index is 0.357. The predicted octanol–water partition coefficient (Wildman–Crippen LogP) is 3.37. The Bertz CT molecular complexity index is 81.1. The molecular formula is C11H24O. The van der Waals surface area contributed by atoms with Crippen molar-refractivity contribution in [2.45, 2.75) is 58.8 Å². The fourth-order valence-electron chi connectivity index (χ4n) is 1.46. The van der Waals surface area contributed by atoms with Gasteiger partial charge < -0.3 is 5.11 Å². The smallest absolute Gasteiger partial charge is 0.0433 e. The van der Waals surface area contributed by atoms with Crippen LogP contribution >= 0.6 is 0 Å². The van der Waals surface area contributed by atoms with E-state index in [1.54, 1.807) is 0 Å². The van der Waals surface area contributed by atoms with Gasteiger partial charge in [-0.1, -0.05) is 52.4 Å². The number of hydrogen-bond acceptors (Lipinski definition) is 1. The summed E-state index contributed by atoms with van der Waals surface area (Å²) in [5.41, 5.74) is 0. The minimum Gasteiger partial charge on any atom is -0.396 e. The summed E-state index contributed by atoms with van der Waals surface area (Å²) < 4.78 is 0. The molecule has 0 saturated carbocycles. The molecule has 0 spiro atoms. The summed E-state index contributed by atoms with van der Waals surface area (Å²) in [5, 5.41) is 8.68. The van der Waals surface area contributed by atoms with Gasteiger partial charge in [0.2, 0.25) is 0 Å². The van der Waals surface area contributed by atoms with Gasteiger partial charge in [-0.3, -0.25) is 0 Å². The molecule has 0 aromatic carbocycles. The van der Waals surface area contributed by atoms with Gasteiger partial charge >= 0.3 is 0 Å². The molecule has 0 aliphatic rings. The van der Waals surface area contributed by atoms with Gasteiger partial charge in [0.05, 0.1) is 0 Å². The zero-order chi connectivity index (χ0) is 9.23. The van der Waals surface area contributed by atoms with Crippen molar-refractivity contribution in [1.29, 1.82) is 0 Å². The lowest BCUT2D eigenvalue weighted by molar-refractivity contribution is 0.256. The van der Waals surface area contributed by atoms with Crippen molar-refractivity contribution in [3.8, 4) is 0 Å². The first-order chi connectivity index (χ1) is 5.81. The van der Waals surface area contributed by atoms with Gasteiger partial charge in [0, 0.05) is 6.61 Å². The predicted molar refractivity (Wildman–Crippen MR) is 54.2 cm³/mol. The number of aliphatic hydroxyl groups excluding tert-OH is 1. The van der Waals surface area contributed by atoms with Gasteiger partial charge in [-0.25, -0.2) is 0 Å². The van der Waals surface area contributed by atoms with E-state index in [0.29, 0.717) is 6.61 Å².